The van der Waals surface area contributed by atoms with Gasteiger partial charge in [-0.05, 0) is 48.4 Å². The second kappa shape index (κ2) is 7.74. The average molecular weight is 373 g/mol. The van der Waals surface area contributed by atoms with Crippen LogP contribution in [0.15, 0.2) is 53.0 Å². The van der Waals surface area contributed by atoms with E-state index in [9.17, 15) is 9.59 Å². The molecule has 0 fully saturated rings. The summed E-state index contributed by atoms with van der Waals surface area (Å²) in [6.07, 6.45) is 3.17. The van der Waals surface area contributed by atoms with Gasteiger partial charge in [-0.15, -0.1) is 0 Å². The molecule has 0 saturated carbocycles. The summed E-state index contributed by atoms with van der Waals surface area (Å²) in [4.78, 5) is 23.4. The highest BCUT2D eigenvalue weighted by atomic mass is 79.9. The molecule has 0 aliphatic carbocycles. The lowest BCUT2D eigenvalue weighted by Crippen LogP contribution is -2.17. The van der Waals surface area contributed by atoms with Gasteiger partial charge in [-0.1, -0.05) is 34.1 Å². The molecular weight excluding hydrogens is 356 g/mol. The van der Waals surface area contributed by atoms with Crippen LogP contribution in [0.4, 0.5) is 5.69 Å². The van der Waals surface area contributed by atoms with Crippen LogP contribution in [0.1, 0.15) is 21.5 Å². The maximum atomic E-state index is 12.0. The predicted octanol–water partition coefficient (Wildman–Crippen LogP) is 3.77. The summed E-state index contributed by atoms with van der Waals surface area (Å²) in [5.74, 6) is -0.343. The van der Waals surface area contributed by atoms with Crippen LogP contribution in [0.3, 0.4) is 0 Å². The molecule has 0 atom stereocenters. The second-order valence-electron chi connectivity index (χ2n) is 4.98. The number of hydrogen-bond acceptors (Lipinski definition) is 2. The Kier molecular flexibility index (Phi) is 5.71. The first kappa shape index (κ1) is 17.0. The number of anilines is 1. The molecule has 0 aromatic heterocycles. The molecule has 2 aromatic carbocycles. The van der Waals surface area contributed by atoms with Gasteiger partial charge in [0.05, 0.1) is 0 Å². The molecule has 2 rings (SSSR count). The van der Waals surface area contributed by atoms with Crippen LogP contribution in [0.25, 0.3) is 6.08 Å². The highest BCUT2D eigenvalue weighted by Gasteiger charge is 2.03. The molecule has 0 unspecified atom stereocenters. The largest absolute Gasteiger partial charge is 0.355 e. The van der Waals surface area contributed by atoms with Crippen molar-refractivity contribution < 1.29 is 9.59 Å². The highest BCUT2D eigenvalue weighted by molar-refractivity contribution is 9.10. The van der Waals surface area contributed by atoms with Gasteiger partial charge in [-0.2, -0.15) is 0 Å². The second-order valence-corrected chi connectivity index (χ2v) is 5.90. The summed E-state index contributed by atoms with van der Waals surface area (Å²) in [6, 6.07) is 12.7. The van der Waals surface area contributed by atoms with Gasteiger partial charge in [0.1, 0.15) is 0 Å². The molecule has 0 saturated heterocycles. The van der Waals surface area contributed by atoms with Gasteiger partial charge in [0.15, 0.2) is 0 Å². The molecule has 0 heterocycles. The molecule has 0 bridgehead atoms. The number of amides is 2. The molecule has 0 radical (unpaired) electrons. The Morgan fingerprint density at radius 2 is 1.78 bits per heavy atom. The van der Waals surface area contributed by atoms with E-state index < -0.39 is 0 Å². The Labute approximate surface area is 143 Å². The summed E-state index contributed by atoms with van der Waals surface area (Å²) >= 11 is 3.38. The molecule has 118 valence electrons. The van der Waals surface area contributed by atoms with Crippen molar-refractivity contribution in [1.29, 1.82) is 0 Å². The molecule has 0 aliphatic rings. The fourth-order valence-corrected chi connectivity index (χ4v) is 2.33. The van der Waals surface area contributed by atoms with Gasteiger partial charge in [0, 0.05) is 28.8 Å². The standard InChI is InChI=1S/C18H17BrN2O2/c1-12-3-9-15(19)11-16(12)21-17(22)10-6-13-4-7-14(8-5-13)18(23)20-2/h3-11H,1-2H3,(H,20,23)(H,21,22). The SMILES string of the molecule is CNC(=O)c1ccc(C=CC(=O)Nc2cc(Br)ccc2C)cc1. The number of carbonyl (C=O) groups excluding carboxylic acids is 2. The first-order valence-electron chi connectivity index (χ1n) is 7.07. The van der Waals surface area contributed by atoms with E-state index in [1.165, 1.54) is 6.08 Å². The Morgan fingerprint density at radius 1 is 1.09 bits per heavy atom. The van der Waals surface area contributed by atoms with Gasteiger partial charge in [0.2, 0.25) is 5.91 Å². The van der Waals surface area contributed by atoms with E-state index in [1.807, 2.05) is 25.1 Å². The Hall–Kier alpha value is -2.40. The fraction of sp³-hybridized carbons (Fsp3) is 0.111. The van der Waals surface area contributed by atoms with Crippen molar-refractivity contribution in [3.63, 3.8) is 0 Å². The third kappa shape index (κ3) is 4.79. The Morgan fingerprint density at radius 3 is 2.43 bits per heavy atom. The van der Waals surface area contributed by atoms with Crippen LogP contribution >= 0.6 is 15.9 Å². The lowest BCUT2D eigenvalue weighted by Gasteiger charge is -2.06. The monoisotopic (exact) mass is 372 g/mol. The Bertz CT molecular complexity index is 752. The minimum absolute atomic E-state index is 0.136. The van der Waals surface area contributed by atoms with Gasteiger partial charge in [0.25, 0.3) is 5.91 Å². The van der Waals surface area contributed by atoms with Crippen LogP contribution < -0.4 is 10.6 Å². The number of aryl methyl sites for hydroxylation is 1. The summed E-state index contributed by atoms with van der Waals surface area (Å²) in [6.45, 7) is 1.93. The quantitative estimate of drug-likeness (QED) is 0.802. The number of nitrogens with one attached hydrogen (secondary N) is 2. The zero-order valence-corrected chi connectivity index (χ0v) is 14.5. The van der Waals surface area contributed by atoms with Crippen LogP contribution in [-0.4, -0.2) is 18.9 Å². The topological polar surface area (TPSA) is 58.2 Å². The number of halogens is 1. The molecular formula is C18H17BrN2O2. The van der Waals surface area contributed by atoms with E-state index in [0.717, 1.165) is 21.3 Å². The van der Waals surface area contributed by atoms with Crippen LogP contribution in [-0.2, 0) is 4.79 Å². The number of benzene rings is 2. The maximum absolute atomic E-state index is 12.0. The molecule has 0 aliphatic heterocycles. The summed E-state index contributed by atoms with van der Waals surface area (Å²) in [5.41, 5.74) is 3.19. The third-order valence-electron chi connectivity index (χ3n) is 3.28. The lowest BCUT2D eigenvalue weighted by molar-refractivity contribution is -0.111. The van der Waals surface area contributed by atoms with E-state index in [4.69, 9.17) is 0 Å². The number of carbonyl (C=O) groups is 2. The molecule has 5 heteroatoms. The molecule has 2 N–H and O–H groups in total. The summed E-state index contributed by atoms with van der Waals surface area (Å²) in [7, 11) is 1.59. The normalized spacial score (nSPS) is 10.6. The first-order chi connectivity index (χ1) is 11.0. The van der Waals surface area contributed by atoms with Crippen molar-refractivity contribution in [3.8, 4) is 0 Å². The minimum atomic E-state index is -0.207. The third-order valence-corrected chi connectivity index (χ3v) is 3.78. The van der Waals surface area contributed by atoms with Gasteiger partial charge in [-0.25, -0.2) is 0 Å². The molecule has 0 spiro atoms. The van der Waals surface area contributed by atoms with Crippen molar-refractivity contribution in [2.75, 3.05) is 12.4 Å². The zero-order valence-electron chi connectivity index (χ0n) is 12.9. The fourth-order valence-electron chi connectivity index (χ4n) is 1.97. The molecule has 2 aromatic rings. The van der Waals surface area contributed by atoms with E-state index >= 15 is 0 Å². The Balaban J connectivity index is 2.03. The van der Waals surface area contributed by atoms with Crippen molar-refractivity contribution in [1.82, 2.24) is 5.32 Å². The van der Waals surface area contributed by atoms with Crippen LogP contribution in [0.5, 0.6) is 0 Å². The van der Waals surface area contributed by atoms with E-state index in [-0.39, 0.29) is 11.8 Å². The molecule has 2 amide bonds. The van der Waals surface area contributed by atoms with E-state index in [0.29, 0.717) is 5.56 Å². The van der Waals surface area contributed by atoms with Gasteiger partial charge < -0.3 is 10.6 Å². The van der Waals surface area contributed by atoms with Crippen molar-refractivity contribution >= 4 is 39.5 Å². The summed E-state index contributed by atoms with van der Waals surface area (Å²) in [5, 5.41) is 5.40. The summed E-state index contributed by atoms with van der Waals surface area (Å²) < 4.78 is 0.909. The average Bonchev–Trinajstić information content (AvgIpc) is 2.56. The smallest absolute Gasteiger partial charge is 0.251 e. The van der Waals surface area contributed by atoms with Gasteiger partial charge in [-0.3, -0.25) is 9.59 Å². The van der Waals surface area contributed by atoms with Gasteiger partial charge >= 0.3 is 0 Å². The first-order valence-corrected chi connectivity index (χ1v) is 7.86. The van der Waals surface area contributed by atoms with Crippen molar-refractivity contribution in [2.45, 2.75) is 6.92 Å². The maximum Gasteiger partial charge on any atom is 0.251 e. The minimum Gasteiger partial charge on any atom is -0.355 e. The van der Waals surface area contributed by atoms with Crippen molar-refractivity contribution in [2.24, 2.45) is 0 Å². The lowest BCUT2D eigenvalue weighted by atomic mass is 10.1. The van der Waals surface area contributed by atoms with E-state index in [2.05, 4.69) is 26.6 Å². The molecule has 4 nitrogen and oxygen atoms in total. The van der Waals surface area contributed by atoms with Crippen LogP contribution in [0, 0.1) is 6.92 Å². The van der Waals surface area contributed by atoms with E-state index in [1.54, 1.807) is 37.4 Å². The zero-order chi connectivity index (χ0) is 16.8. The highest BCUT2D eigenvalue weighted by Crippen LogP contribution is 2.20. The number of hydrogen-bond donors (Lipinski definition) is 2. The van der Waals surface area contributed by atoms with Crippen LogP contribution in [0.2, 0.25) is 0 Å². The van der Waals surface area contributed by atoms with Crippen molar-refractivity contribution in [3.05, 3.63) is 69.7 Å². The molecule has 23 heavy (non-hydrogen) atoms. The predicted molar refractivity (Wildman–Crippen MR) is 96.4 cm³/mol. The number of rotatable bonds is 4.